The Morgan fingerprint density at radius 1 is 1.38 bits per heavy atom. The van der Waals surface area contributed by atoms with Crippen LogP contribution in [0.5, 0.6) is 0 Å². The van der Waals surface area contributed by atoms with Gasteiger partial charge in [-0.3, -0.25) is 0 Å². The van der Waals surface area contributed by atoms with Crippen molar-refractivity contribution in [2.75, 3.05) is 18.9 Å². The predicted molar refractivity (Wildman–Crippen MR) is 88.6 cm³/mol. The second-order valence-electron chi connectivity index (χ2n) is 5.93. The number of rotatable bonds is 7. The van der Waals surface area contributed by atoms with Gasteiger partial charge in [0.1, 0.15) is 0 Å². The molecule has 7 heteroatoms. The molecule has 0 aliphatic heterocycles. The normalized spacial score (nSPS) is 12.6. The number of nitrogens with two attached hydrogens (primary N) is 1. The Morgan fingerprint density at radius 3 is 2.57 bits per heavy atom. The zero-order chi connectivity index (χ0) is 16.3. The van der Waals surface area contributed by atoms with Crippen LogP contribution in [-0.4, -0.2) is 26.7 Å². The van der Waals surface area contributed by atoms with Gasteiger partial charge in [0.25, 0.3) is 0 Å². The molecule has 0 unspecified atom stereocenters. The van der Waals surface area contributed by atoms with E-state index in [1.807, 2.05) is 13.8 Å². The zero-order valence-electron chi connectivity index (χ0n) is 12.6. The highest BCUT2D eigenvalue weighted by atomic mass is 79.9. The summed E-state index contributed by atoms with van der Waals surface area (Å²) >= 11 is 3.26. The van der Waals surface area contributed by atoms with Crippen molar-refractivity contribution in [3.8, 4) is 0 Å². The smallest absolute Gasteiger partial charge is 0.240 e. The molecule has 0 saturated carbocycles. The molecule has 1 aromatic rings. The number of sulfonamides is 1. The first kappa shape index (κ1) is 18.4. The number of halogens is 1. The largest absolute Gasteiger partial charge is 0.398 e. The summed E-state index contributed by atoms with van der Waals surface area (Å²) in [6.45, 7) is 6.03. The van der Waals surface area contributed by atoms with Crippen molar-refractivity contribution in [2.45, 2.75) is 38.5 Å². The number of hydrogen-bond acceptors (Lipinski definition) is 4. The van der Waals surface area contributed by atoms with Crippen molar-refractivity contribution < 1.29 is 13.5 Å². The lowest BCUT2D eigenvalue weighted by atomic mass is 9.88. The Bertz CT molecular complexity index is 600. The molecule has 0 radical (unpaired) electrons. The molecule has 0 saturated heterocycles. The van der Waals surface area contributed by atoms with Gasteiger partial charge in [-0.2, -0.15) is 0 Å². The molecule has 0 amide bonds. The third-order valence-electron chi connectivity index (χ3n) is 3.41. The van der Waals surface area contributed by atoms with Gasteiger partial charge in [0, 0.05) is 23.3 Å². The number of anilines is 1. The summed E-state index contributed by atoms with van der Waals surface area (Å²) in [6, 6.07) is 3.23. The van der Waals surface area contributed by atoms with Gasteiger partial charge < -0.3 is 10.8 Å². The maximum absolute atomic E-state index is 12.4. The average Bonchev–Trinajstić information content (AvgIpc) is 2.38. The van der Waals surface area contributed by atoms with Crippen molar-refractivity contribution in [1.82, 2.24) is 4.72 Å². The topological polar surface area (TPSA) is 92.4 Å². The molecule has 120 valence electrons. The van der Waals surface area contributed by atoms with E-state index in [-0.39, 0.29) is 16.9 Å². The van der Waals surface area contributed by atoms with Crippen molar-refractivity contribution in [3.05, 3.63) is 22.2 Å². The van der Waals surface area contributed by atoms with Gasteiger partial charge in [0.05, 0.1) is 4.90 Å². The lowest BCUT2D eigenvalue weighted by Gasteiger charge is -2.25. The number of hydrogen-bond donors (Lipinski definition) is 3. The summed E-state index contributed by atoms with van der Waals surface area (Å²) in [4.78, 5) is 0.187. The highest BCUT2D eigenvalue weighted by Crippen LogP contribution is 2.27. The molecule has 0 bridgehead atoms. The number of nitrogen functional groups attached to an aromatic ring is 1. The van der Waals surface area contributed by atoms with E-state index >= 15 is 0 Å². The van der Waals surface area contributed by atoms with Crippen LogP contribution in [0.3, 0.4) is 0 Å². The summed E-state index contributed by atoms with van der Waals surface area (Å²) in [7, 11) is -3.62. The summed E-state index contributed by atoms with van der Waals surface area (Å²) < 4.78 is 28.1. The van der Waals surface area contributed by atoms with Crippen molar-refractivity contribution in [3.63, 3.8) is 0 Å². The minimum atomic E-state index is -3.62. The maximum Gasteiger partial charge on any atom is 0.240 e. The first-order valence-corrected chi connectivity index (χ1v) is 9.03. The lowest BCUT2D eigenvalue weighted by molar-refractivity contribution is 0.242. The van der Waals surface area contributed by atoms with Crippen LogP contribution >= 0.6 is 15.9 Å². The highest BCUT2D eigenvalue weighted by Gasteiger charge is 2.24. The van der Waals surface area contributed by atoms with E-state index in [1.165, 1.54) is 0 Å². The van der Waals surface area contributed by atoms with E-state index in [0.717, 1.165) is 6.42 Å². The lowest BCUT2D eigenvalue weighted by Crippen LogP contribution is -2.34. The zero-order valence-corrected chi connectivity index (χ0v) is 15.0. The summed E-state index contributed by atoms with van der Waals surface area (Å²) in [6.07, 6.45) is 1.39. The molecule has 5 nitrogen and oxygen atoms in total. The molecule has 0 aromatic heterocycles. The van der Waals surface area contributed by atoms with E-state index in [4.69, 9.17) is 10.8 Å². The number of nitrogens with one attached hydrogen (secondary N) is 1. The molecule has 21 heavy (non-hydrogen) atoms. The van der Waals surface area contributed by atoms with Gasteiger partial charge in [0.2, 0.25) is 10.0 Å². The minimum Gasteiger partial charge on any atom is -0.398 e. The first-order chi connectivity index (χ1) is 9.59. The van der Waals surface area contributed by atoms with E-state index in [2.05, 4.69) is 20.7 Å². The minimum absolute atomic E-state index is 0.109. The van der Waals surface area contributed by atoms with E-state index in [9.17, 15) is 8.42 Å². The van der Waals surface area contributed by atoms with Crippen molar-refractivity contribution in [1.29, 1.82) is 0 Å². The third kappa shape index (κ3) is 5.25. The molecule has 1 aromatic carbocycles. The van der Waals surface area contributed by atoms with E-state index in [0.29, 0.717) is 28.7 Å². The van der Waals surface area contributed by atoms with E-state index in [1.54, 1.807) is 19.1 Å². The number of aliphatic hydroxyl groups is 1. The third-order valence-corrected chi connectivity index (χ3v) is 5.39. The molecule has 1 rings (SSSR count). The molecule has 0 spiro atoms. The SMILES string of the molecule is Cc1c(N)cc(Br)cc1S(=O)(=O)NCC(C)(C)CCCO. The van der Waals surface area contributed by atoms with Gasteiger partial charge in [-0.05, 0) is 42.9 Å². The van der Waals surface area contributed by atoms with Gasteiger partial charge >= 0.3 is 0 Å². The maximum atomic E-state index is 12.4. The van der Waals surface area contributed by atoms with Crippen LogP contribution in [0.1, 0.15) is 32.3 Å². The standard InChI is InChI=1S/C14H23BrN2O3S/c1-10-12(16)7-11(15)8-13(10)21(19,20)17-9-14(2,3)5-4-6-18/h7-8,17-18H,4-6,9,16H2,1-3H3. The van der Waals surface area contributed by atoms with Crippen LogP contribution in [0.15, 0.2) is 21.5 Å². The van der Waals surface area contributed by atoms with Crippen LogP contribution in [0.25, 0.3) is 0 Å². The van der Waals surface area contributed by atoms with Gasteiger partial charge in [0.15, 0.2) is 0 Å². The fourth-order valence-corrected chi connectivity index (χ4v) is 4.13. The van der Waals surface area contributed by atoms with Crippen molar-refractivity contribution in [2.24, 2.45) is 5.41 Å². The summed E-state index contributed by atoms with van der Waals surface area (Å²) in [5, 5.41) is 8.88. The fourth-order valence-electron chi connectivity index (χ4n) is 1.97. The van der Waals surface area contributed by atoms with Gasteiger partial charge in [-0.1, -0.05) is 29.8 Å². The molecule has 0 atom stereocenters. The molecular weight excluding hydrogens is 356 g/mol. The van der Waals surface area contributed by atoms with Crippen LogP contribution in [0, 0.1) is 12.3 Å². The van der Waals surface area contributed by atoms with Crippen molar-refractivity contribution >= 4 is 31.6 Å². The predicted octanol–water partition coefficient (Wildman–Crippen LogP) is 2.42. The second-order valence-corrected chi connectivity index (χ2v) is 8.59. The Hall–Kier alpha value is -0.630. The van der Waals surface area contributed by atoms with Gasteiger partial charge in [-0.15, -0.1) is 0 Å². The summed E-state index contributed by atoms with van der Waals surface area (Å²) in [5.41, 5.74) is 6.57. The van der Waals surface area contributed by atoms with Crippen LogP contribution in [0.2, 0.25) is 0 Å². The van der Waals surface area contributed by atoms with Crippen LogP contribution < -0.4 is 10.5 Å². The first-order valence-electron chi connectivity index (χ1n) is 6.75. The van der Waals surface area contributed by atoms with Crippen LogP contribution in [-0.2, 0) is 10.0 Å². The molecule has 0 fully saturated rings. The molecule has 0 heterocycles. The Labute approximate surface area is 135 Å². The Morgan fingerprint density at radius 2 is 2.00 bits per heavy atom. The quantitative estimate of drug-likeness (QED) is 0.635. The van der Waals surface area contributed by atoms with E-state index < -0.39 is 10.0 Å². The Balaban J connectivity index is 2.93. The fraction of sp³-hybridized carbons (Fsp3) is 0.571. The second kappa shape index (κ2) is 7.09. The molecule has 0 aliphatic rings. The Kier molecular flexibility index (Phi) is 6.22. The highest BCUT2D eigenvalue weighted by molar-refractivity contribution is 9.10. The molecule has 0 aliphatic carbocycles. The molecular formula is C14H23BrN2O3S. The monoisotopic (exact) mass is 378 g/mol. The number of aliphatic hydroxyl groups excluding tert-OH is 1. The van der Waals surface area contributed by atoms with Crippen LogP contribution in [0.4, 0.5) is 5.69 Å². The van der Waals surface area contributed by atoms with Gasteiger partial charge in [-0.25, -0.2) is 13.1 Å². The number of benzene rings is 1. The summed E-state index contributed by atoms with van der Waals surface area (Å²) in [5.74, 6) is 0. The molecule has 4 N–H and O–H groups in total. The average molecular weight is 379 g/mol.